The zero-order valence-electron chi connectivity index (χ0n) is 10.5. The molecule has 0 amide bonds. The molecule has 0 bridgehead atoms. The van der Waals surface area contributed by atoms with Crippen molar-refractivity contribution in [3.05, 3.63) is 17.0 Å². The van der Waals surface area contributed by atoms with Crippen LogP contribution >= 0.6 is 15.9 Å². The first-order chi connectivity index (χ1) is 7.98. The Kier molecular flexibility index (Phi) is 3.68. The van der Waals surface area contributed by atoms with Crippen LogP contribution in [0.5, 0.6) is 0 Å². The van der Waals surface area contributed by atoms with Crippen molar-refractivity contribution in [1.82, 2.24) is 9.97 Å². The summed E-state index contributed by atoms with van der Waals surface area (Å²) in [7, 11) is 0. The third-order valence-electron chi connectivity index (χ3n) is 2.98. The summed E-state index contributed by atoms with van der Waals surface area (Å²) < 4.78 is 6.77. The van der Waals surface area contributed by atoms with E-state index in [0.29, 0.717) is 0 Å². The second-order valence-corrected chi connectivity index (χ2v) is 6.22. The molecule has 1 aromatic rings. The van der Waals surface area contributed by atoms with Crippen molar-refractivity contribution in [3.8, 4) is 0 Å². The molecular formula is C12H18BrN3O. The van der Waals surface area contributed by atoms with Gasteiger partial charge < -0.3 is 9.64 Å². The van der Waals surface area contributed by atoms with E-state index in [1.807, 2.05) is 0 Å². The summed E-state index contributed by atoms with van der Waals surface area (Å²) >= 11 is 3.49. The van der Waals surface area contributed by atoms with Crippen LogP contribution in [0.1, 0.15) is 20.8 Å². The van der Waals surface area contributed by atoms with Crippen molar-refractivity contribution in [1.29, 1.82) is 0 Å². The van der Waals surface area contributed by atoms with Crippen molar-refractivity contribution in [2.24, 2.45) is 5.41 Å². The Hall–Kier alpha value is -0.680. The Morgan fingerprint density at radius 1 is 1.47 bits per heavy atom. The molecule has 0 aliphatic carbocycles. The Bertz CT molecular complexity index is 392. The normalized spacial score (nSPS) is 21.6. The van der Waals surface area contributed by atoms with Gasteiger partial charge >= 0.3 is 0 Å². The van der Waals surface area contributed by atoms with Gasteiger partial charge in [-0.2, -0.15) is 0 Å². The summed E-state index contributed by atoms with van der Waals surface area (Å²) in [5.74, 6) is 0.956. The van der Waals surface area contributed by atoms with E-state index in [9.17, 15) is 0 Å². The number of nitrogens with zero attached hydrogens (tertiary/aromatic N) is 3. The molecule has 0 radical (unpaired) electrons. The summed E-state index contributed by atoms with van der Waals surface area (Å²) in [6.07, 6.45) is 3.60. The maximum absolute atomic E-state index is 5.83. The molecule has 1 aromatic heterocycles. The quantitative estimate of drug-likeness (QED) is 0.798. The van der Waals surface area contributed by atoms with Crippen molar-refractivity contribution >= 4 is 21.7 Å². The Balaban J connectivity index is 2.15. The number of hydrogen-bond acceptors (Lipinski definition) is 4. The minimum atomic E-state index is 0.151. The zero-order chi connectivity index (χ0) is 12.5. The maximum Gasteiger partial charge on any atom is 0.146 e. The van der Waals surface area contributed by atoms with E-state index in [1.54, 1.807) is 12.5 Å². The van der Waals surface area contributed by atoms with E-state index in [4.69, 9.17) is 4.74 Å². The van der Waals surface area contributed by atoms with Gasteiger partial charge in [0.25, 0.3) is 0 Å². The number of aromatic nitrogens is 2. The van der Waals surface area contributed by atoms with Gasteiger partial charge in [-0.05, 0) is 21.3 Å². The summed E-state index contributed by atoms with van der Waals surface area (Å²) in [6.45, 7) is 9.11. The summed E-state index contributed by atoms with van der Waals surface area (Å²) in [5, 5.41) is 0. The number of hydrogen-bond donors (Lipinski definition) is 0. The Morgan fingerprint density at radius 3 is 2.88 bits per heavy atom. The average Bonchev–Trinajstić information content (AvgIpc) is 2.29. The van der Waals surface area contributed by atoms with Crippen LogP contribution in [0.25, 0.3) is 0 Å². The van der Waals surface area contributed by atoms with Gasteiger partial charge in [-0.25, -0.2) is 9.97 Å². The highest BCUT2D eigenvalue weighted by atomic mass is 79.9. The second-order valence-electron chi connectivity index (χ2n) is 5.37. The fourth-order valence-corrected chi connectivity index (χ4v) is 2.38. The highest BCUT2D eigenvalue weighted by Gasteiger charge is 2.31. The third-order valence-corrected chi connectivity index (χ3v) is 3.54. The molecule has 2 rings (SSSR count). The minimum absolute atomic E-state index is 0.151. The highest BCUT2D eigenvalue weighted by molar-refractivity contribution is 9.10. The molecule has 17 heavy (non-hydrogen) atoms. The highest BCUT2D eigenvalue weighted by Crippen LogP contribution is 2.29. The number of anilines is 1. The summed E-state index contributed by atoms with van der Waals surface area (Å²) in [4.78, 5) is 10.6. The predicted molar refractivity (Wildman–Crippen MR) is 71.1 cm³/mol. The lowest BCUT2D eigenvalue weighted by Gasteiger charge is -2.40. The molecule has 2 heterocycles. The predicted octanol–water partition coefficient (Wildman–Crippen LogP) is 2.49. The molecule has 0 saturated carbocycles. The lowest BCUT2D eigenvalue weighted by Crippen LogP contribution is -2.48. The molecule has 0 aromatic carbocycles. The van der Waals surface area contributed by atoms with Crippen LogP contribution in [0, 0.1) is 5.41 Å². The molecule has 94 valence electrons. The van der Waals surface area contributed by atoms with E-state index in [0.717, 1.165) is 30.0 Å². The minimum Gasteiger partial charge on any atom is -0.374 e. The van der Waals surface area contributed by atoms with Crippen molar-refractivity contribution in [3.63, 3.8) is 0 Å². The standard InChI is InChI=1S/C12H18BrN3O/c1-12(2,3)10-7-16(4-5-17-10)11-9(13)6-14-8-15-11/h6,8,10H,4-5,7H2,1-3H3/t10-/m1/s1. The van der Waals surface area contributed by atoms with Gasteiger partial charge in [0.15, 0.2) is 0 Å². The number of ether oxygens (including phenoxy) is 1. The topological polar surface area (TPSA) is 38.2 Å². The lowest BCUT2D eigenvalue weighted by molar-refractivity contribution is -0.0268. The Labute approximate surface area is 111 Å². The van der Waals surface area contributed by atoms with Crippen molar-refractivity contribution < 1.29 is 4.74 Å². The van der Waals surface area contributed by atoms with Crippen LogP contribution in [-0.2, 0) is 4.74 Å². The fraction of sp³-hybridized carbons (Fsp3) is 0.667. The molecule has 1 saturated heterocycles. The lowest BCUT2D eigenvalue weighted by atomic mass is 9.88. The molecule has 4 nitrogen and oxygen atoms in total. The monoisotopic (exact) mass is 299 g/mol. The Morgan fingerprint density at radius 2 is 2.24 bits per heavy atom. The van der Waals surface area contributed by atoms with Gasteiger partial charge in [0, 0.05) is 19.3 Å². The molecule has 1 fully saturated rings. The van der Waals surface area contributed by atoms with Gasteiger partial charge in [0.1, 0.15) is 12.1 Å². The van der Waals surface area contributed by atoms with E-state index < -0.39 is 0 Å². The van der Waals surface area contributed by atoms with Crippen LogP contribution in [0.4, 0.5) is 5.82 Å². The van der Waals surface area contributed by atoms with Crippen LogP contribution in [0.2, 0.25) is 0 Å². The first-order valence-electron chi connectivity index (χ1n) is 5.80. The first kappa shape index (κ1) is 12.8. The van der Waals surface area contributed by atoms with E-state index in [-0.39, 0.29) is 11.5 Å². The molecule has 1 atom stereocenters. The number of rotatable bonds is 1. The average molecular weight is 300 g/mol. The smallest absolute Gasteiger partial charge is 0.146 e. The molecular weight excluding hydrogens is 282 g/mol. The van der Waals surface area contributed by atoms with Crippen molar-refractivity contribution in [2.75, 3.05) is 24.6 Å². The first-order valence-corrected chi connectivity index (χ1v) is 6.60. The second kappa shape index (κ2) is 4.90. The summed E-state index contributed by atoms with van der Waals surface area (Å²) in [6, 6.07) is 0. The van der Waals surface area contributed by atoms with Gasteiger partial charge in [-0.1, -0.05) is 20.8 Å². The molecule has 1 aliphatic rings. The van der Waals surface area contributed by atoms with Gasteiger partial charge in [-0.15, -0.1) is 0 Å². The van der Waals surface area contributed by atoms with Crippen LogP contribution in [0.15, 0.2) is 17.0 Å². The summed E-state index contributed by atoms with van der Waals surface area (Å²) in [5.41, 5.74) is 0.151. The van der Waals surface area contributed by atoms with Crippen LogP contribution < -0.4 is 4.90 Å². The van der Waals surface area contributed by atoms with Crippen LogP contribution in [0.3, 0.4) is 0 Å². The molecule has 0 spiro atoms. The van der Waals surface area contributed by atoms with Crippen molar-refractivity contribution in [2.45, 2.75) is 26.9 Å². The largest absolute Gasteiger partial charge is 0.374 e. The molecule has 5 heteroatoms. The number of halogens is 1. The van der Waals surface area contributed by atoms with E-state index in [1.165, 1.54) is 0 Å². The zero-order valence-corrected chi connectivity index (χ0v) is 12.1. The SMILES string of the molecule is CC(C)(C)[C@H]1CN(c2ncncc2Br)CCO1. The maximum atomic E-state index is 5.83. The molecule has 0 N–H and O–H groups in total. The number of morpholine rings is 1. The van der Waals surface area contributed by atoms with Gasteiger partial charge in [0.05, 0.1) is 17.2 Å². The van der Waals surface area contributed by atoms with E-state index in [2.05, 4.69) is 51.6 Å². The van der Waals surface area contributed by atoms with Crippen LogP contribution in [-0.4, -0.2) is 35.8 Å². The van der Waals surface area contributed by atoms with Gasteiger partial charge in [0.2, 0.25) is 0 Å². The molecule has 1 aliphatic heterocycles. The third kappa shape index (κ3) is 2.96. The molecule has 0 unspecified atom stereocenters. The fourth-order valence-electron chi connectivity index (χ4n) is 1.90. The van der Waals surface area contributed by atoms with E-state index >= 15 is 0 Å². The van der Waals surface area contributed by atoms with Gasteiger partial charge in [-0.3, -0.25) is 0 Å².